The highest BCUT2D eigenvalue weighted by molar-refractivity contribution is 5.99. The monoisotopic (exact) mass is 395 g/mol. The minimum Gasteiger partial charge on any atom is -0.482 e. The summed E-state index contributed by atoms with van der Waals surface area (Å²) in [4.78, 5) is 28.2. The molecule has 2 atom stereocenters. The van der Waals surface area contributed by atoms with Gasteiger partial charge in [-0.1, -0.05) is 30.3 Å². The summed E-state index contributed by atoms with van der Waals surface area (Å²) >= 11 is 0. The Labute approximate surface area is 169 Å². The predicted octanol–water partition coefficient (Wildman–Crippen LogP) is 1.68. The first kappa shape index (κ1) is 19.4. The third kappa shape index (κ3) is 3.36. The molecule has 2 N–H and O–H groups in total. The molecule has 2 aliphatic heterocycles. The van der Waals surface area contributed by atoms with E-state index in [0.29, 0.717) is 30.0 Å². The molecule has 0 unspecified atom stereocenters. The zero-order chi connectivity index (χ0) is 20.6. The van der Waals surface area contributed by atoms with Crippen LogP contribution in [-0.2, 0) is 10.3 Å². The van der Waals surface area contributed by atoms with E-state index in [-0.39, 0.29) is 25.0 Å². The van der Waals surface area contributed by atoms with Crippen molar-refractivity contribution >= 4 is 17.5 Å². The van der Waals surface area contributed by atoms with Crippen LogP contribution in [0, 0.1) is 0 Å². The summed E-state index contributed by atoms with van der Waals surface area (Å²) in [5, 5.41) is 13.8. The molecule has 0 spiro atoms. The summed E-state index contributed by atoms with van der Waals surface area (Å²) in [7, 11) is 3.92. The van der Waals surface area contributed by atoms with Crippen LogP contribution in [0.4, 0.5) is 5.69 Å². The molecule has 0 aliphatic carbocycles. The molecule has 0 saturated carbocycles. The molecule has 7 nitrogen and oxygen atoms in total. The number of fused-ring (bicyclic) bond motifs is 1. The highest BCUT2D eigenvalue weighted by atomic mass is 16.5. The van der Waals surface area contributed by atoms with Crippen LogP contribution in [0.25, 0.3) is 0 Å². The molecular formula is C22H25N3O4. The first-order chi connectivity index (χ1) is 13.9. The molecule has 7 heteroatoms. The standard InChI is InChI=1S/C22H25N3O4/c1-24(2)22(16-6-4-3-5-7-16)10-11-25(13-19(22)26)21(28)15-8-9-17-18(12-15)29-14-20(27)23-17/h3-9,12,19,26H,10-11,13-14H2,1-2H3,(H,23,27)/t19-,22+/m1/s1. The van der Waals surface area contributed by atoms with Gasteiger partial charge in [0, 0.05) is 18.7 Å². The SMILES string of the molecule is CN(C)[C@]1(c2ccccc2)CCN(C(=O)c2ccc3c(c2)OCC(=O)N3)C[C@H]1O. The number of ether oxygens (including phenoxy) is 1. The van der Waals surface area contributed by atoms with Crippen molar-refractivity contribution in [3.8, 4) is 5.75 Å². The molecule has 2 aromatic carbocycles. The lowest BCUT2D eigenvalue weighted by molar-refractivity contribution is -0.118. The second kappa shape index (κ2) is 7.50. The number of likely N-dealkylation sites (N-methyl/N-ethyl adjacent to an activating group) is 1. The molecule has 0 radical (unpaired) electrons. The average molecular weight is 395 g/mol. The summed E-state index contributed by atoms with van der Waals surface area (Å²) in [6.07, 6.45) is -0.111. The molecule has 2 aromatic rings. The van der Waals surface area contributed by atoms with Gasteiger partial charge in [0.2, 0.25) is 0 Å². The van der Waals surface area contributed by atoms with Gasteiger partial charge in [0.05, 0.1) is 17.3 Å². The second-order valence-electron chi connectivity index (χ2n) is 7.75. The van der Waals surface area contributed by atoms with Gasteiger partial charge in [0.25, 0.3) is 11.8 Å². The number of hydrogen-bond acceptors (Lipinski definition) is 5. The van der Waals surface area contributed by atoms with Gasteiger partial charge < -0.3 is 20.1 Å². The van der Waals surface area contributed by atoms with Crippen molar-refractivity contribution < 1.29 is 19.4 Å². The van der Waals surface area contributed by atoms with Crippen molar-refractivity contribution in [2.45, 2.75) is 18.1 Å². The Balaban J connectivity index is 1.55. The smallest absolute Gasteiger partial charge is 0.262 e. The largest absolute Gasteiger partial charge is 0.482 e. The normalized spacial score (nSPS) is 23.9. The van der Waals surface area contributed by atoms with Gasteiger partial charge in [-0.2, -0.15) is 0 Å². The predicted molar refractivity (Wildman–Crippen MR) is 109 cm³/mol. The van der Waals surface area contributed by atoms with Crippen LogP contribution in [0.1, 0.15) is 22.3 Å². The lowest BCUT2D eigenvalue weighted by atomic mass is 9.77. The fraction of sp³-hybridized carbons (Fsp3) is 0.364. The van der Waals surface area contributed by atoms with Crippen molar-refractivity contribution in [3.63, 3.8) is 0 Å². The number of carbonyl (C=O) groups is 2. The topological polar surface area (TPSA) is 82.1 Å². The maximum absolute atomic E-state index is 13.1. The van der Waals surface area contributed by atoms with Gasteiger partial charge in [-0.05, 0) is 44.3 Å². The molecule has 2 aliphatic rings. The van der Waals surface area contributed by atoms with Crippen LogP contribution in [0.5, 0.6) is 5.75 Å². The molecule has 0 aromatic heterocycles. The van der Waals surface area contributed by atoms with Crippen molar-refractivity contribution in [2.75, 3.05) is 39.1 Å². The first-order valence-electron chi connectivity index (χ1n) is 9.69. The highest BCUT2D eigenvalue weighted by Gasteiger charge is 2.46. The molecular weight excluding hydrogens is 370 g/mol. The number of likely N-dealkylation sites (tertiary alicyclic amines) is 1. The Morgan fingerprint density at radius 3 is 2.69 bits per heavy atom. The average Bonchev–Trinajstić information content (AvgIpc) is 2.73. The Bertz CT molecular complexity index is 931. The van der Waals surface area contributed by atoms with E-state index in [0.717, 1.165) is 5.56 Å². The number of hydrogen-bond donors (Lipinski definition) is 2. The lowest BCUT2D eigenvalue weighted by Gasteiger charge is -2.49. The minimum absolute atomic E-state index is 0.0600. The molecule has 2 amide bonds. The minimum atomic E-state index is -0.731. The summed E-state index contributed by atoms with van der Waals surface area (Å²) in [6.45, 7) is 0.702. The molecule has 29 heavy (non-hydrogen) atoms. The van der Waals surface area contributed by atoms with Crippen LogP contribution in [-0.4, -0.2) is 66.6 Å². The van der Waals surface area contributed by atoms with Crippen LogP contribution in [0.3, 0.4) is 0 Å². The van der Waals surface area contributed by atoms with E-state index in [9.17, 15) is 14.7 Å². The Kier molecular flexibility index (Phi) is 5.02. The molecule has 2 heterocycles. The lowest BCUT2D eigenvalue weighted by Crippen LogP contribution is -2.60. The fourth-order valence-corrected chi connectivity index (χ4v) is 4.34. The Morgan fingerprint density at radius 1 is 1.24 bits per heavy atom. The first-order valence-corrected chi connectivity index (χ1v) is 9.69. The Hall–Kier alpha value is -2.90. The number of benzene rings is 2. The Morgan fingerprint density at radius 2 is 2.00 bits per heavy atom. The summed E-state index contributed by atoms with van der Waals surface area (Å²) in [5.41, 5.74) is 1.54. The van der Waals surface area contributed by atoms with Crippen molar-refractivity contribution in [2.24, 2.45) is 0 Å². The number of β-amino-alcohol motifs (C(OH)–C–C–N with tert-alkyl or cyclic N) is 1. The van der Waals surface area contributed by atoms with Gasteiger partial charge in [-0.3, -0.25) is 14.5 Å². The summed E-state index contributed by atoms with van der Waals surface area (Å²) in [5.74, 6) is 0.115. The summed E-state index contributed by atoms with van der Waals surface area (Å²) < 4.78 is 5.42. The van der Waals surface area contributed by atoms with E-state index in [1.807, 2.05) is 49.3 Å². The molecule has 4 rings (SSSR count). The number of nitrogens with zero attached hydrogens (tertiary/aromatic N) is 2. The van der Waals surface area contributed by atoms with E-state index in [1.54, 1.807) is 23.1 Å². The van der Waals surface area contributed by atoms with E-state index < -0.39 is 11.6 Å². The van der Waals surface area contributed by atoms with Gasteiger partial charge >= 0.3 is 0 Å². The van der Waals surface area contributed by atoms with Crippen LogP contribution in [0.2, 0.25) is 0 Å². The molecule has 152 valence electrons. The number of amides is 2. The number of piperidine rings is 1. The number of aliphatic hydroxyl groups excluding tert-OH is 1. The third-order valence-corrected chi connectivity index (χ3v) is 5.93. The molecule has 1 saturated heterocycles. The van der Waals surface area contributed by atoms with Crippen LogP contribution in [0.15, 0.2) is 48.5 Å². The zero-order valence-electron chi connectivity index (χ0n) is 16.6. The van der Waals surface area contributed by atoms with E-state index in [4.69, 9.17) is 4.74 Å². The zero-order valence-corrected chi connectivity index (χ0v) is 16.6. The van der Waals surface area contributed by atoms with Crippen LogP contribution < -0.4 is 10.1 Å². The number of carbonyl (C=O) groups excluding carboxylic acids is 2. The van der Waals surface area contributed by atoms with Gasteiger partial charge in [-0.15, -0.1) is 0 Å². The number of nitrogens with one attached hydrogen (secondary N) is 1. The van der Waals surface area contributed by atoms with Crippen molar-refractivity contribution in [1.29, 1.82) is 0 Å². The van der Waals surface area contributed by atoms with E-state index >= 15 is 0 Å². The second-order valence-corrected chi connectivity index (χ2v) is 7.75. The number of rotatable bonds is 3. The third-order valence-electron chi connectivity index (χ3n) is 5.93. The maximum Gasteiger partial charge on any atom is 0.262 e. The quantitative estimate of drug-likeness (QED) is 0.826. The van der Waals surface area contributed by atoms with E-state index in [1.165, 1.54) is 0 Å². The maximum atomic E-state index is 13.1. The summed E-state index contributed by atoms with van der Waals surface area (Å²) in [6, 6.07) is 14.9. The van der Waals surface area contributed by atoms with Crippen molar-refractivity contribution in [1.82, 2.24) is 9.80 Å². The fourth-order valence-electron chi connectivity index (χ4n) is 4.34. The van der Waals surface area contributed by atoms with Gasteiger partial charge in [0.15, 0.2) is 6.61 Å². The number of aliphatic hydroxyl groups is 1. The number of anilines is 1. The van der Waals surface area contributed by atoms with Crippen molar-refractivity contribution in [3.05, 3.63) is 59.7 Å². The van der Waals surface area contributed by atoms with Gasteiger partial charge in [-0.25, -0.2) is 0 Å². The van der Waals surface area contributed by atoms with E-state index in [2.05, 4.69) is 5.32 Å². The van der Waals surface area contributed by atoms with Crippen LogP contribution >= 0.6 is 0 Å². The molecule has 1 fully saturated rings. The van der Waals surface area contributed by atoms with Gasteiger partial charge in [0.1, 0.15) is 5.75 Å². The molecule has 0 bridgehead atoms. The highest BCUT2D eigenvalue weighted by Crippen LogP contribution is 2.38.